The van der Waals surface area contributed by atoms with Gasteiger partial charge in [-0.15, -0.1) is 11.3 Å². The van der Waals surface area contributed by atoms with Crippen LogP contribution in [0.15, 0.2) is 40.2 Å². The molecule has 0 amide bonds. The van der Waals surface area contributed by atoms with Crippen molar-refractivity contribution in [1.82, 2.24) is 5.43 Å². The highest BCUT2D eigenvalue weighted by Crippen LogP contribution is 2.19. The molecule has 108 valence electrons. The lowest BCUT2D eigenvalue weighted by Gasteiger charge is -2.16. The van der Waals surface area contributed by atoms with E-state index in [0.717, 1.165) is 31.2 Å². The summed E-state index contributed by atoms with van der Waals surface area (Å²) in [6.07, 6.45) is 3.99. The number of nitrogens with one attached hydrogen (secondary N) is 1. The summed E-state index contributed by atoms with van der Waals surface area (Å²) in [6.45, 7) is 0. The second-order valence-corrected chi connectivity index (χ2v) is 6.67. The summed E-state index contributed by atoms with van der Waals surface area (Å²) >= 11 is 5.00. The average molecular weight is 357 g/mol. The van der Waals surface area contributed by atoms with Crippen molar-refractivity contribution in [3.8, 4) is 0 Å². The van der Waals surface area contributed by atoms with E-state index in [4.69, 9.17) is 5.84 Å². The molecule has 1 aromatic carbocycles. The Hall–Kier alpha value is -0.750. The van der Waals surface area contributed by atoms with Crippen molar-refractivity contribution in [2.24, 2.45) is 5.84 Å². The third-order valence-corrected chi connectivity index (χ3v) is 4.80. The van der Waals surface area contributed by atoms with Crippen LogP contribution in [0, 0.1) is 5.82 Å². The van der Waals surface area contributed by atoms with Crippen molar-refractivity contribution in [3.05, 3.63) is 56.4 Å². The van der Waals surface area contributed by atoms with Crippen LogP contribution < -0.4 is 11.3 Å². The van der Waals surface area contributed by atoms with Gasteiger partial charge in [0.2, 0.25) is 0 Å². The first-order valence-electron chi connectivity index (χ1n) is 6.61. The monoisotopic (exact) mass is 356 g/mol. The van der Waals surface area contributed by atoms with Gasteiger partial charge in [-0.1, -0.05) is 12.1 Å². The number of halogens is 2. The molecular formula is C15H18BrFN2S. The van der Waals surface area contributed by atoms with Gasteiger partial charge in [-0.2, -0.15) is 0 Å². The third kappa shape index (κ3) is 4.66. The molecule has 0 aliphatic carbocycles. The predicted molar refractivity (Wildman–Crippen MR) is 86.2 cm³/mol. The van der Waals surface area contributed by atoms with Gasteiger partial charge in [-0.05, 0) is 70.8 Å². The Morgan fingerprint density at radius 1 is 1.35 bits per heavy atom. The second-order valence-electron chi connectivity index (χ2n) is 4.79. The SMILES string of the molecule is NNC(CCCc1cccs1)Cc1ccc(F)c(Br)c1. The van der Waals surface area contributed by atoms with E-state index in [1.54, 1.807) is 11.3 Å². The first-order chi connectivity index (χ1) is 9.69. The molecule has 3 N–H and O–H groups in total. The minimum Gasteiger partial charge on any atom is -0.271 e. The molecule has 0 aliphatic heterocycles. The number of benzene rings is 1. The van der Waals surface area contributed by atoms with Crippen LogP contribution in [-0.4, -0.2) is 6.04 Å². The molecule has 0 bridgehead atoms. The highest BCUT2D eigenvalue weighted by atomic mass is 79.9. The number of thiophene rings is 1. The van der Waals surface area contributed by atoms with Crippen molar-refractivity contribution in [2.45, 2.75) is 31.7 Å². The lowest BCUT2D eigenvalue weighted by atomic mass is 10.0. The van der Waals surface area contributed by atoms with Crippen LogP contribution >= 0.6 is 27.3 Å². The van der Waals surface area contributed by atoms with Crippen LogP contribution in [0.5, 0.6) is 0 Å². The minimum atomic E-state index is -0.233. The molecular weight excluding hydrogens is 339 g/mol. The molecule has 0 saturated carbocycles. The maximum atomic E-state index is 13.2. The minimum absolute atomic E-state index is 0.215. The molecule has 0 saturated heterocycles. The smallest absolute Gasteiger partial charge is 0.137 e. The molecule has 0 fully saturated rings. The summed E-state index contributed by atoms with van der Waals surface area (Å²) in [5.74, 6) is 5.38. The fraction of sp³-hybridized carbons (Fsp3) is 0.333. The molecule has 0 spiro atoms. The lowest BCUT2D eigenvalue weighted by molar-refractivity contribution is 0.476. The Labute approximate surface area is 131 Å². The maximum Gasteiger partial charge on any atom is 0.137 e. The topological polar surface area (TPSA) is 38.0 Å². The van der Waals surface area contributed by atoms with E-state index >= 15 is 0 Å². The van der Waals surface area contributed by atoms with Crippen LogP contribution in [0.3, 0.4) is 0 Å². The van der Waals surface area contributed by atoms with Gasteiger partial charge >= 0.3 is 0 Å². The fourth-order valence-corrected chi connectivity index (χ4v) is 3.35. The van der Waals surface area contributed by atoms with Gasteiger partial charge in [0.05, 0.1) is 4.47 Å². The van der Waals surface area contributed by atoms with Crippen molar-refractivity contribution < 1.29 is 4.39 Å². The summed E-state index contributed by atoms with van der Waals surface area (Å²) in [4.78, 5) is 1.41. The van der Waals surface area contributed by atoms with Gasteiger partial charge in [0.15, 0.2) is 0 Å². The molecule has 0 radical (unpaired) electrons. The summed E-state index contributed by atoms with van der Waals surface area (Å²) in [5, 5.41) is 2.10. The number of aryl methyl sites for hydroxylation is 1. The van der Waals surface area contributed by atoms with Gasteiger partial charge in [0.1, 0.15) is 5.82 Å². The molecule has 2 nitrogen and oxygen atoms in total. The van der Waals surface area contributed by atoms with E-state index in [2.05, 4.69) is 38.9 Å². The highest BCUT2D eigenvalue weighted by molar-refractivity contribution is 9.10. The van der Waals surface area contributed by atoms with Crippen molar-refractivity contribution in [3.63, 3.8) is 0 Å². The van der Waals surface area contributed by atoms with Crippen LogP contribution in [0.25, 0.3) is 0 Å². The van der Waals surface area contributed by atoms with Gasteiger partial charge in [-0.25, -0.2) is 4.39 Å². The Balaban J connectivity index is 1.83. The Bertz CT molecular complexity index is 531. The van der Waals surface area contributed by atoms with Crippen molar-refractivity contribution >= 4 is 27.3 Å². The average Bonchev–Trinajstić information content (AvgIpc) is 2.95. The van der Waals surface area contributed by atoms with Gasteiger partial charge in [-0.3, -0.25) is 11.3 Å². The molecule has 1 unspecified atom stereocenters. The van der Waals surface area contributed by atoms with E-state index in [0.29, 0.717) is 4.47 Å². The van der Waals surface area contributed by atoms with E-state index in [9.17, 15) is 4.39 Å². The first kappa shape index (κ1) is 15.6. The van der Waals surface area contributed by atoms with Crippen LogP contribution in [-0.2, 0) is 12.8 Å². The predicted octanol–water partition coefficient (Wildman–Crippen LogP) is 4.05. The lowest BCUT2D eigenvalue weighted by Crippen LogP contribution is -2.36. The number of hydrazine groups is 1. The zero-order chi connectivity index (χ0) is 14.4. The van der Waals surface area contributed by atoms with Gasteiger partial charge in [0.25, 0.3) is 0 Å². The van der Waals surface area contributed by atoms with Crippen molar-refractivity contribution in [1.29, 1.82) is 0 Å². The van der Waals surface area contributed by atoms with Crippen LogP contribution in [0.4, 0.5) is 4.39 Å². The van der Waals surface area contributed by atoms with Gasteiger partial charge < -0.3 is 0 Å². The summed E-state index contributed by atoms with van der Waals surface area (Å²) in [6, 6.07) is 9.56. The highest BCUT2D eigenvalue weighted by Gasteiger charge is 2.09. The second kappa shape index (κ2) is 7.88. The Morgan fingerprint density at radius 3 is 2.85 bits per heavy atom. The van der Waals surface area contributed by atoms with E-state index in [1.165, 1.54) is 10.9 Å². The zero-order valence-corrected chi connectivity index (χ0v) is 13.5. The molecule has 0 aliphatic rings. The fourth-order valence-electron chi connectivity index (χ4n) is 2.17. The molecule has 20 heavy (non-hydrogen) atoms. The Kier molecular flexibility index (Phi) is 6.16. The number of nitrogens with two attached hydrogens (primary N) is 1. The molecule has 1 atom stereocenters. The molecule has 1 aromatic heterocycles. The van der Waals surface area contributed by atoms with Gasteiger partial charge in [0, 0.05) is 10.9 Å². The maximum absolute atomic E-state index is 13.2. The normalized spacial score (nSPS) is 12.6. The third-order valence-electron chi connectivity index (χ3n) is 3.26. The summed E-state index contributed by atoms with van der Waals surface area (Å²) in [5.41, 5.74) is 3.94. The van der Waals surface area contributed by atoms with Crippen molar-refractivity contribution in [2.75, 3.05) is 0 Å². The number of hydrogen-bond donors (Lipinski definition) is 2. The first-order valence-corrected chi connectivity index (χ1v) is 8.28. The summed E-state index contributed by atoms with van der Waals surface area (Å²) < 4.78 is 13.7. The molecule has 2 rings (SSSR count). The van der Waals surface area contributed by atoms with E-state index in [1.807, 2.05) is 12.1 Å². The van der Waals surface area contributed by atoms with Crippen LogP contribution in [0.2, 0.25) is 0 Å². The molecule has 2 aromatic rings. The number of hydrogen-bond acceptors (Lipinski definition) is 3. The Morgan fingerprint density at radius 2 is 2.20 bits per heavy atom. The number of rotatable bonds is 7. The summed E-state index contributed by atoms with van der Waals surface area (Å²) in [7, 11) is 0. The standard InChI is InChI=1S/C15H18BrFN2S/c16-14-10-11(6-7-15(14)17)9-12(19-18)3-1-4-13-5-2-8-20-13/h2,5-8,10,12,19H,1,3-4,9,18H2. The molecule has 5 heteroatoms. The van der Waals surface area contributed by atoms with Crippen LogP contribution in [0.1, 0.15) is 23.3 Å². The largest absolute Gasteiger partial charge is 0.271 e. The van der Waals surface area contributed by atoms with E-state index in [-0.39, 0.29) is 11.9 Å². The van der Waals surface area contributed by atoms with E-state index < -0.39 is 0 Å². The quantitative estimate of drug-likeness (QED) is 0.580. The molecule has 1 heterocycles. The zero-order valence-electron chi connectivity index (χ0n) is 11.1.